The minimum absolute atomic E-state index is 0.0435. The number of sulfonamides is 1. The number of hydrogen-bond donors (Lipinski definition) is 3. The third-order valence-electron chi connectivity index (χ3n) is 3.78. The Kier molecular flexibility index (Phi) is 4.83. The zero-order valence-corrected chi connectivity index (χ0v) is 15.6. The second-order valence-corrected chi connectivity index (χ2v) is 8.54. The Labute approximate surface area is 154 Å². The molecule has 0 saturated heterocycles. The molecule has 0 aliphatic carbocycles. The smallest absolute Gasteiger partial charge is 0.331 e. The first kappa shape index (κ1) is 18.1. The van der Waals surface area contributed by atoms with Gasteiger partial charge in [-0.25, -0.2) is 22.9 Å². The van der Waals surface area contributed by atoms with E-state index in [1.807, 2.05) is 6.92 Å². The van der Waals surface area contributed by atoms with Gasteiger partial charge in [0.2, 0.25) is 5.13 Å². The van der Waals surface area contributed by atoms with Crippen molar-refractivity contribution in [3.8, 4) is 0 Å². The molecule has 0 unspecified atom stereocenters. The number of carbonyl (C=O) groups excluding carboxylic acids is 1. The lowest BCUT2D eigenvalue weighted by molar-refractivity contribution is 0.199. The number of carbonyl (C=O) groups is 1. The van der Waals surface area contributed by atoms with E-state index in [1.54, 1.807) is 12.1 Å². The molecule has 5 N–H and O–H groups in total. The summed E-state index contributed by atoms with van der Waals surface area (Å²) in [5.41, 5.74) is 12.4. The molecule has 1 aromatic heterocycles. The third-order valence-corrected chi connectivity index (χ3v) is 6.10. The summed E-state index contributed by atoms with van der Waals surface area (Å²) >= 11 is 1.27. The van der Waals surface area contributed by atoms with Crippen LogP contribution in [-0.4, -0.2) is 36.8 Å². The Morgan fingerprint density at radius 3 is 2.65 bits per heavy atom. The van der Waals surface area contributed by atoms with Crippen LogP contribution < -0.4 is 16.2 Å². The second kappa shape index (κ2) is 6.92. The number of nitrogens with zero attached hydrogens (tertiary/aromatic N) is 3. The van der Waals surface area contributed by atoms with E-state index in [9.17, 15) is 13.2 Å². The van der Waals surface area contributed by atoms with Crippen molar-refractivity contribution in [3.63, 3.8) is 0 Å². The number of aliphatic imine (C=N–C) groups is 1. The maximum absolute atomic E-state index is 12.4. The van der Waals surface area contributed by atoms with Crippen LogP contribution in [0.5, 0.6) is 0 Å². The molecule has 0 radical (unpaired) electrons. The topological polar surface area (TPSA) is 144 Å². The SMILES string of the molecule is Cc1ccc(S(=O)(=O)NC(=O)N2CCc3nc(N=C(N)N)sc3C2)cc1. The number of nitrogens with one attached hydrogen (secondary N) is 1. The molecule has 9 nitrogen and oxygen atoms in total. The number of amides is 2. The molecule has 0 spiro atoms. The summed E-state index contributed by atoms with van der Waals surface area (Å²) in [4.78, 5) is 22.9. The second-order valence-electron chi connectivity index (χ2n) is 5.80. The van der Waals surface area contributed by atoms with Crippen molar-refractivity contribution in [2.75, 3.05) is 6.54 Å². The molecule has 0 fully saturated rings. The van der Waals surface area contributed by atoms with Crippen LogP contribution in [0.3, 0.4) is 0 Å². The van der Waals surface area contributed by atoms with Crippen LogP contribution in [0.4, 0.5) is 9.93 Å². The van der Waals surface area contributed by atoms with Crippen LogP contribution in [0.2, 0.25) is 0 Å². The van der Waals surface area contributed by atoms with E-state index in [-0.39, 0.29) is 17.4 Å². The number of guanidine groups is 1. The Hall–Kier alpha value is -2.66. The van der Waals surface area contributed by atoms with Gasteiger partial charge in [-0.3, -0.25) is 0 Å². The van der Waals surface area contributed by atoms with Gasteiger partial charge in [-0.1, -0.05) is 29.0 Å². The minimum Gasteiger partial charge on any atom is -0.370 e. The largest absolute Gasteiger partial charge is 0.370 e. The lowest BCUT2D eigenvalue weighted by Crippen LogP contribution is -2.44. The van der Waals surface area contributed by atoms with E-state index in [4.69, 9.17) is 11.5 Å². The van der Waals surface area contributed by atoms with Crippen molar-refractivity contribution in [1.29, 1.82) is 0 Å². The number of urea groups is 1. The summed E-state index contributed by atoms with van der Waals surface area (Å²) < 4.78 is 26.8. The summed E-state index contributed by atoms with van der Waals surface area (Å²) in [6.07, 6.45) is 0.504. The van der Waals surface area contributed by atoms with Gasteiger partial charge in [0.1, 0.15) is 0 Å². The Balaban J connectivity index is 1.72. The molecule has 1 aliphatic heterocycles. The molecule has 2 aromatic rings. The van der Waals surface area contributed by atoms with E-state index in [0.717, 1.165) is 16.1 Å². The average Bonchev–Trinajstić information content (AvgIpc) is 2.95. The van der Waals surface area contributed by atoms with Crippen LogP contribution in [-0.2, 0) is 23.0 Å². The van der Waals surface area contributed by atoms with Crippen LogP contribution in [0.25, 0.3) is 0 Å². The first-order valence-electron chi connectivity index (χ1n) is 7.71. The van der Waals surface area contributed by atoms with E-state index in [2.05, 4.69) is 14.7 Å². The van der Waals surface area contributed by atoms with Crippen molar-refractivity contribution in [1.82, 2.24) is 14.6 Å². The molecule has 0 atom stereocenters. The van der Waals surface area contributed by atoms with Crippen molar-refractivity contribution in [3.05, 3.63) is 40.4 Å². The predicted octanol–water partition coefficient (Wildman–Crippen LogP) is 0.813. The van der Waals surface area contributed by atoms with Gasteiger partial charge in [0.25, 0.3) is 10.0 Å². The Bertz CT molecular complexity index is 962. The summed E-state index contributed by atoms with van der Waals surface area (Å²) in [5.74, 6) is -0.0881. The summed E-state index contributed by atoms with van der Waals surface area (Å²) in [6.45, 7) is 2.46. The van der Waals surface area contributed by atoms with Gasteiger partial charge >= 0.3 is 6.03 Å². The van der Waals surface area contributed by atoms with Gasteiger partial charge < -0.3 is 16.4 Å². The summed E-state index contributed by atoms with van der Waals surface area (Å²) in [5, 5.41) is 0.421. The number of aromatic nitrogens is 1. The number of thiazole rings is 1. The first-order valence-corrected chi connectivity index (χ1v) is 10.0. The Morgan fingerprint density at radius 1 is 1.31 bits per heavy atom. The fraction of sp³-hybridized carbons (Fsp3) is 0.267. The van der Waals surface area contributed by atoms with E-state index >= 15 is 0 Å². The minimum atomic E-state index is -3.92. The zero-order chi connectivity index (χ0) is 18.9. The van der Waals surface area contributed by atoms with Crippen molar-refractivity contribution in [2.24, 2.45) is 16.5 Å². The lowest BCUT2D eigenvalue weighted by atomic mass is 10.2. The van der Waals surface area contributed by atoms with E-state index in [1.165, 1.54) is 28.4 Å². The molecule has 1 aliphatic rings. The highest BCUT2D eigenvalue weighted by Gasteiger charge is 2.27. The highest BCUT2D eigenvalue weighted by molar-refractivity contribution is 7.90. The van der Waals surface area contributed by atoms with Gasteiger partial charge in [0, 0.05) is 17.8 Å². The molecule has 3 rings (SSSR count). The van der Waals surface area contributed by atoms with Gasteiger partial charge in [-0.2, -0.15) is 4.99 Å². The molecular formula is C15H18N6O3S2. The lowest BCUT2D eigenvalue weighted by Gasteiger charge is -2.26. The maximum atomic E-state index is 12.4. The average molecular weight is 394 g/mol. The summed E-state index contributed by atoms with van der Waals surface area (Å²) in [6, 6.07) is 5.60. The molecule has 1 aromatic carbocycles. The summed E-state index contributed by atoms with van der Waals surface area (Å²) in [7, 11) is -3.92. The standard InChI is InChI=1S/C15H18N6O3S2/c1-9-2-4-10(5-3-9)26(23,24)20-15(22)21-7-6-11-12(8-21)25-14(18-11)19-13(16)17/h2-5H,6-8H2,1H3,(H,20,22)(H4,16,17,18,19). The van der Waals surface area contributed by atoms with Crippen molar-refractivity contribution in [2.45, 2.75) is 24.8 Å². The normalized spacial score (nSPS) is 13.8. The number of benzene rings is 1. The number of nitrogens with two attached hydrogens (primary N) is 2. The highest BCUT2D eigenvalue weighted by Crippen LogP contribution is 2.30. The highest BCUT2D eigenvalue weighted by atomic mass is 32.2. The third kappa shape index (κ3) is 3.94. The van der Waals surface area contributed by atoms with Gasteiger partial charge in [0.15, 0.2) is 5.96 Å². The fourth-order valence-electron chi connectivity index (χ4n) is 2.47. The van der Waals surface area contributed by atoms with Crippen LogP contribution in [0.15, 0.2) is 34.2 Å². The fourth-order valence-corrected chi connectivity index (χ4v) is 4.45. The maximum Gasteiger partial charge on any atom is 0.331 e. The molecule has 11 heteroatoms. The quantitative estimate of drug-likeness (QED) is 0.519. The van der Waals surface area contributed by atoms with Crippen molar-refractivity contribution < 1.29 is 13.2 Å². The first-order chi connectivity index (χ1) is 12.2. The monoisotopic (exact) mass is 394 g/mol. The number of fused-ring (bicyclic) bond motifs is 1. The molecule has 26 heavy (non-hydrogen) atoms. The number of aryl methyl sites for hydroxylation is 1. The molecular weight excluding hydrogens is 376 g/mol. The van der Waals surface area contributed by atoms with E-state index < -0.39 is 16.1 Å². The predicted molar refractivity (Wildman–Crippen MR) is 98.6 cm³/mol. The number of hydrogen-bond acceptors (Lipinski definition) is 6. The van der Waals surface area contributed by atoms with Gasteiger partial charge in [0.05, 0.1) is 17.1 Å². The Morgan fingerprint density at radius 2 is 2.00 bits per heavy atom. The molecule has 2 amide bonds. The van der Waals surface area contributed by atoms with Crippen LogP contribution >= 0.6 is 11.3 Å². The molecule has 2 heterocycles. The number of rotatable bonds is 3. The molecule has 0 saturated carbocycles. The van der Waals surface area contributed by atoms with Crippen LogP contribution in [0, 0.1) is 6.92 Å². The zero-order valence-electron chi connectivity index (χ0n) is 14.0. The van der Waals surface area contributed by atoms with E-state index in [0.29, 0.717) is 18.1 Å². The van der Waals surface area contributed by atoms with Gasteiger partial charge in [-0.05, 0) is 19.1 Å². The van der Waals surface area contributed by atoms with Crippen LogP contribution in [0.1, 0.15) is 16.1 Å². The molecule has 0 bridgehead atoms. The van der Waals surface area contributed by atoms with Crippen molar-refractivity contribution >= 4 is 38.5 Å². The van der Waals surface area contributed by atoms with Gasteiger partial charge in [-0.15, -0.1) is 0 Å². The molecule has 138 valence electrons.